The van der Waals surface area contributed by atoms with Crippen LogP contribution in [0.15, 0.2) is 30.6 Å². The molecule has 1 amide bonds. The van der Waals surface area contributed by atoms with Gasteiger partial charge >= 0.3 is 0 Å². The molecular weight excluding hydrogens is 266 g/mol. The Bertz CT molecular complexity index is 635. The topological polar surface area (TPSA) is 76.2 Å². The highest BCUT2D eigenvalue weighted by molar-refractivity contribution is 5.93. The van der Waals surface area contributed by atoms with Crippen molar-refractivity contribution >= 4 is 17.3 Å². The number of aryl methyl sites for hydroxylation is 2. The zero-order chi connectivity index (χ0) is 15.4. The van der Waals surface area contributed by atoms with Crippen molar-refractivity contribution in [2.24, 2.45) is 7.05 Å². The highest BCUT2D eigenvalue weighted by atomic mass is 16.2. The molecule has 0 bridgehead atoms. The fourth-order valence-electron chi connectivity index (χ4n) is 2.13. The molecule has 0 saturated heterocycles. The second kappa shape index (κ2) is 6.41. The van der Waals surface area contributed by atoms with E-state index in [1.807, 2.05) is 44.2 Å². The minimum absolute atomic E-state index is 0.0601. The Labute approximate surface area is 124 Å². The average Bonchev–Trinajstić information content (AvgIpc) is 2.79. The van der Waals surface area contributed by atoms with E-state index < -0.39 is 0 Å². The van der Waals surface area contributed by atoms with Gasteiger partial charge in [0, 0.05) is 36.7 Å². The molecule has 0 unspecified atom stereocenters. The van der Waals surface area contributed by atoms with Crippen molar-refractivity contribution in [1.29, 1.82) is 0 Å². The number of nitrogens with one attached hydrogen (secondary N) is 1. The summed E-state index contributed by atoms with van der Waals surface area (Å²) in [6, 6.07) is 5.48. The maximum atomic E-state index is 12.1. The molecule has 3 N–H and O–H groups in total. The van der Waals surface area contributed by atoms with Gasteiger partial charge in [0.2, 0.25) is 5.91 Å². The van der Waals surface area contributed by atoms with Gasteiger partial charge in [-0.3, -0.25) is 14.4 Å². The van der Waals surface area contributed by atoms with Crippen LogP contribution in [0, 0.1) is 6.92 Å². The molecule has 0 fully saturated rings. The van der Waals surface area contributed by atoms with Gasteiger partial charge in [0.25, 0.3) is 0 Å². The maximum absolute atomic E-state index is 12.1. The van der Waals surface area contributed by atoms with E-state index in [2.05, 4.69) is 10.4 Å². The molecule has 112 valence electrons. The van der Waals surface area contributed by atoms with Gasteiger partial charge in [-0.05, 0) is 31.7 Å². The Hall–Kier alpha value is -2.34. The normalized spacial score (nSPS) is 10.9. The Balaban J connectivity index is 1.90. The highest BCUT2D eigenvalue weighted by Crippen LogP contribution is 2.18. The van der Waals surface area contributed by atoms with Crippen LogP contribution in [0.25, 0.3) is 0 Å². The molecule has 2 rings (SSSR count). The van der Waals surface area contributed by atoms with E-state index >= 15 is 0 Å². The lowest BCUT2D eigenvalue weighted by molar-refractivity contribution is -0.117. The number of aromatic nitrogens is 2. The minimum Gasteiger partial charge on any atom is -0.399 e. The van der Waals surface area contributed by atoms with Crippen LogP contribution in [0.3, 0.4) is 0 Å². The molecule has 2 aromatic rings. The molecule has 1 heterocycles. The summed E-state index contributed by atoms with van der Waals surface area (Å²) in [5.74, 6) is -0.0601. The van der Waals surface area contributed by atoms with Gasteiger partial charge < -0.3 is 11.1 Å². The number of likely N-dealkylation sites (N-methyl/N-ethyl adjacent to an activating group) is 1. The Morgan fingerprint density at radius 1 is 1.48 bits per heavy atom. The number of nitrogens with two attached hydrogens (primary N) is 1. The third kappa shape index (κ3) is 4.32. The molecule has 6 heteroatoms. The number of anilines is 2. The first-order chi connectivity index (χ1) is 9.94. The van der Waals surface area contributed by atoms with Crippen LogP contribution >= 0.6 is 0 Å². The maximum Gasteiger partial charge on any atom is 0.238 e. The van der Waals surface area contributed by atoms with Crippen LogP contribution in [-0.2, 0) is 18.4 Å². The van der Waals surface area contributed by atoms with Crippen LogP contribution in [0.4, 0.5) is 11.4 Å². The highest BCUT2D eigenvalue weighted by Gasteiger charge is 2.09. The molecule has 1 aromatic carbocycles. The standard InChI is InChI=1S/C15H21N5O/c1-11-4-5-13(16)6-14(11)18-15(21)10-19(2)8-12-7-17-20(3)9-12/h4-7,9H,8,10,16H2,1-3H3,(H,18,21). The fourth-order valence-corrected chi connectivity index (χ4v) is 2.13. The average molecular weight is 287 g/mol. The molecule has 0 spiro atoms. The molecule has 0 atom stereocenters. The monoisotopic (exact) mass is 287 g/mol. The fraction of sp³-hybridized carbons (Fsp3) is 0.333. The van der Waals surface area contributed by atoms with Crippen LogP contribution < -0.4 is 11.1 Å². The first-order valence-electron chi connectivity index (χ1n) is 6.76. The number of nitrogen functional groups attached to an aromatic ring is 1. The molecular formula is C15H21N5O. The number of carbonyl (C=O) groups is 1. The first-order valence-corrected chi connectivity index (χ1v) is 6.76. The minimum atomic E-state index is -0.0601. The third-order valence-electron chi connectivity index (χ3n) is 3.16. The smallest absolute Gasteiger partial charge is 0.238 e. The van der Waals surface area contributed by atoms with E-state index in [-0.39, 0.29) is 5.91 Å². The van der Waals surface area contributed by atoms with E-state index in [1.165, 1.54) is 0 Å². The van der Waals surface area contributed by atoms with Gasteiger partial charge in [-0.1, -0.05) is 6.07 Å². The van der Waals surface area contributed by atoms with E-state index in [4.69, 9.17) is 5.73 Å². The Kier molecular flexibility index (Phi) is 4.59. The quantitative estimate of drug-likeness (QED) is 0.815. The van der Waals surface area contributed by atoms with Gasteiger partial charge in [0.15, 0.2) is 0 Å². The zero-order valence-corrected chi connectivity index (χ0v) is 12.6. The SMILES string of the molecule is Cc1ccc(N)cc1NC(=O)CN(C)Cc1cnn(C)c1. The van der Waals surface area contributed by atoms with Crippen LogP contribution in [0.5, 0.6) is 0 Å². The molecule has 1 aromatic heterocycles. The summed E-state index contributed by atoms with van der Waals surface area (Å²) in [6.07, 6.45) is 3.74. The largest absolute Gasteiger partial charge is 0.399 e. The molecule has 0 radical (unpaired) electrons. The first kappa shape index (κ1) is 15.1. The number of rotatable bonds is 5. The van der Waals surface area contributed by atoms with Crippen molar-refractivity contribution in [3.63, 3.8) is 0 Å². The summed E-state index contributed by atoms with van der Waals surface area (Å²) in [6.45, 7) is 2.93. The van der Waals surface area contributed by atoms with Gasteiger partial charge in [0.05, 0.1) is 12.7 Å². The van der Waals surface area contributed by atoms with Crippen LogP contribution in [0.1, 0.15) is 11.1 Å². The number of carbonyl (C=O) groups excluding carboxylic acids is 1. The number of hydrogen-bond donors (Lipinski definition) is 2. The second-order valence-corrected chi connectivity index (χ2v) is 5.32. The molecule has 0 saturated carbocycles. The van der Waals surface area contributed by atoms with E-state index in [9.17, 15) is 4.79 Å². The number of amides is 1. The van der Waals surface area contributed by atoms with Gasteiger partial charge in [-0.2, -0.15) is 5.10 Å². The van der Waals surface area contributed by atoms with Crippen molar-refractivity contribution in [1.82, 2.24) is 14.7 Å². The van der Waals surface area contributed by atoms with E-state index in [0.717, 1.165) is 16.8 Å². The Morgan fingerprint density at radius 2 is 2.24 bits per heavy atom. The zero-order valence-electron chi connectivity index (χ0n) is 12.6. The summed E-state index contributed by atoms with van der Waals surface area (Å²) in [5.41, 5.74) is 9.21. The van der Waals surface area contributed by atoms with Crippen molar-refractivity contribution < 1.29 is 4.79 Å². The lowest BCUT2D eigenvalue weighted by Crippen LogP contribution is -2.30. The predicted molar refractivity (Wildman–Crippen MR) is 83.8 cm³/mol. The van der Waals surface area contributed by atoms with Crippen molar-refractivity contribution in [2.45, 2.75) is 13.5 Å². The van der Waals surface area contributed by atoms with Crippen molar-refractivity contribution in [3.8, 4) is 0 Å². The summed E-state index contributed by atoms with van der Waals surface area (Å²) < 4.78 is 1.75. The third-order valence-corrected chi connectivity index (χ3v) is 3.16. The molecule has 6 nitrogen and oxygen atoms in total. The van der Waals surface area contributed by atoms with Crippen LogP contribution in [-0.4, -0.2) is 34.2 Å². The summed E-state index contributed by atoms with van der Waals surface area (Å²) in [5, 5.41) is 7.00. The lowest BCUT2D eigenvalue weighted by atomic mass is 10.2. The number of benzene rings is 1. The summed E-state index contributed by atoms with van der Waals surface area (Å²) in [7, 11) is 3.78. The molecule has 0 aliphatic carbocycles. The van der Waals surface area contributed by atoms with Gasteiger partial charge in [0.1, 0.15) is 0 Å². The summed E-state index contributed by atoms with van der Waals surface area (Å²) >= 11 is 0. The van der Waals surface area contributed by atoms with Crippen molar-refractivity contribution in [2.75, 3.05) is 24.6 Å². The molecule has 21 heavy (non-hydrogen) atoms. The van der Waals surface area contributed by atoms with E-state index in [1.54, 1.807) is 16.9 Å². The van der Waals surface area contributed by atoms with Crippen molar-refractivity contribution in [3.05, 3.63) is 41.7 Å². The Morgan fingerprint density at radius 3 is 2.90 bits per heavy atom. The van der Waals surface area contributed by atoms with Gasteiger partial charge in [-0.15, -0.1) is 0 Å². The number of nitrogens with zero attached hydrogens (tertiary/aromatic N) is 3. The predicted octanol–water partition coefficient (Wildman–Crippen LogP) is 1.38. The number of hydrogen-bond acceptors (Lipinski definition) is 4. The second-order valence-electron chi connectivity index (χ2n) is 5.32. The van der Waals surface area contributed by atoms with Gasteiger partial charge in [-0.25, -0.2) is 0 Å². The molecule has 0 aliphatic rings. The lowest BCUT2D eigenvalue weighted by Gasteiger charge is -2.16. The van der Waals surface area contributed by atoms with Crippen LogP contribution in [0.2, 0.25) is 0 Å². The van der Waals surface area contributed by atoms with E-state index in [0.29, 0.717) is 18.8 Å². The molecule has 0 aliphatic heterocycles. The summed E-state index contributed by atoms with van der Waals surface area (Å²) in [4.78, 5) is 14.0.